The second-order valence-electron chi connectivity index (χ2n) is 2.43. The Morgan fingerprint density at radius 3 is 2.07 bits per heavy atom. The molecule has 0 saturated carbocycles. The molecule has 0 aromatic heterocycles. The molecule has 0 aromatic carbocycles. The molecular formula is C6H6F5IO2. The predicted molar refractivity (Wildman–Crippen MR) is 45.4 cm³/mol. The number of carbonyl (C=O) groups excluding carboxylic acids is 1. The Hall–Kier alpha value is -0.150. The fourth-order valence-electron chi connectivity index (χ4n) is 0.358. The molecule has 0 radical (unpaired) electrons. The highest BCUT2D eigenvalue weighted by atomic mass is 127. The van der Waals surface area contributed by atoms with Gasteiger partial charge in [0.05, 0.1) is 0 Å². The highest BCUT2D eigenvalue weighted by Crippen LogP contribution is 2.35. The fraction of sp³-hybridized carbons (Fsp3) is 0.833. The van der Waals surface area contributed by atoms with Gasteiger partial charge in [-0.1, -0.05) is 22.6 Å². The number of esters is 1. The van der Waals surface area contributed by atoms with Gasteiger partial charge in [-0.25, -0.2) is 0 Å². The van der Waals surface area contributed by atoms with Gasteiger partial charge in [-0.15, -0.1) is 0 Å². The van der Waals surface area contributed by atoms with Crippen LogP contribution in [-0.4, -0.2) is 28.6 Å². The van der Waals surface area contributed by atoms with Crippen molar-refractivity contribution in [3.63, 3.8) is 0 Å². The van der Waals surface area contributed by atoms with Gasteiger partial charge >= 0.3 is 18.1 Å². The summed E-state index contributed by atoms with van der Waals surface area (Å²) in [5.41, 5.74) is 0. The highest BCUT2D eigenvalue weighted by Gasteiger charge is 2.58. The molecule has 0 heterocycles. The van der Waals surface area contributed by atoms with E-state index in [9.17, 15) is 26.7 Å². The Morgan fingerprint density at radius 1 is 1.36 bits per heavy atom. The van der Waals surface area contributed by atoms with E-state index in [1.54, 1.807) is 22.6 Å². The van der Waals surface area contributed by atoms with Gasteiger partial charge in [0.2, 0.25) is 0 Å². The molecule has 0 aliphatic rings. The van der Waals surface area contributed by atoms with E-state index in [4.69, 9.17) is 0 Å². The van der Waals surface area contributed by atoms with E-state index < -0.39 is 28.6 Å². The van der Waals surface area contributed by atoms with E-state index in [1.165, 1.54) is 6.92 Å². The van der Waals surface area contributed by atoms with Crippen LogP contribution in [0.2, 0.25) is 0 Å². The van der Waals surface area contributed by atoms with Crippen LogP contribution in [0.1, 0.15) is 6.92 Å². The zero-order valence-electron chi connectivity index (χ0n) is 6.87. The van der Waals surface area contributed by atoms with E-state index in [0.29, 0.717) is 0 Å². The quantitative estimate of drug-likeness (QED) is 0.344. The third kappa shape index (κ3) is 3.93. The first-order valence-electron chi connectivity index (χ1n) is 3.33. The van der Waals surface area contributed by atoms with E-state index in [-0.39, 0.29) is 0 Å². The fourth-order valence-corrected chi connectivity index (χ4v) is 0.538. The maximum Gasteiger partial charge on any atom is 0.456 e. The lowest BCUT2D eigenvalue weighted by atomic mass is 10.3. The maximum atomic E-state index is 12.1. The molecule has 1 unspecified atom stereocenters. The summed E-state index contributed by atoms with van der Waals surface area (Å²) in [7, 11) is 0. The molecule has 84 valence electrons. The molecule has 0 spiro atoms. The molecule has 0 amide bonds. The number of alkyl halides is 6. The van der Waals surface area contributed by atoms with Gasteiger partial charge in [0.15, 0.2) is 6.61 Å². The molecule has 0 aliphatic heterocycles. The van der Waals surface area contributed by atoms with Crippen LogP contribution in [0.4, 0.5) is 22.0 Å². The number of hydrogen-bond donors (Lipinski definition) is 0. The van der Waals surface area contributed by atoms with Crippen molar-refractivity contribution in [2.75, 3.05) is 6.61 Å². The predicted octanol–water partition coefficient (Wildman–Crippen LogP) is 2.55. The molecule has 0 aromatic rings. The van der Waals surface area contributed by atoms with Crippen LogP contribution >= 0.6 is 22.6 Å². The zero-order valence-corrected chi connectivity index (χ0v) is 9.03. The Balaban J connectivity index is 4.20. The molecule has 0 rings (SSSR count). The first kappa shape index (κ1) is 13.8. The smallest absolute Gasteiger partial charge is 0.456 e. The van der Waals surface area contributed by atoms with E-state index in [1.807, 2.05) is 0 Å². The van der Waals surface area contributed by atoms with E-state index in [2.05, 4.69) is 4.74 Å². The molecule has 0 saturated heterocycles. The average Bonchev–Trinajstić information content (AvgIpc) is 1.97. The van der Waals surface area contributed by atoms with Gasteiger partial charge in [-0.3, -0.25) is 4.79 Å². The lowest BCUT2D eigenvalue weighted by Crippen LogP contribution is -2.41. The average molecular weight is 332 g/mol. The van der Waals surface area contributed by atoms with Gasteiger partial charge in [0.1, 0.15) is 3.92 Å². The summed E-state index contributed by atoms with van der Waals surface area (Å²) in [6.45, 7) is -0.655. The molecule has 8 heteroatoms. The highest BCUT2D eigenvalue weighted by molar-refractivity contribution is 14.1. The van der Waals surface area contributed by atoms with Crippen LogP contribution in [0.3, 0.4) is 0 Å². The Bertz CT molecular complexity index is 213. The summed E-state index contributed by atoms with van der Waals surface area (Å²) in [5, 5.41) is 0. The van der Waals surface area contributed by atoms with Crippen LogP contribution in [-0.2, 0) is 9.53 Å². The summed E-state index contributed by atoms with van der Waals surface area (Å²) in [6.07, 6.45) is -5.69. The van der Waals surface area contributed by atoms with Gasteiger partial charge in [0.25, 0.3) is 0 Å². The molecule has 0 aliphatic carbocycles. The topological polar surface area (TPSA) is 26.3 Å². The number of hydrogen-bond acceptors (Lipinski definition) is 2. The first-order valence-corrected chi connectivity index (χ1v) is 4.58. The van der Waals surface area contributed by atoms with Crippen LogP contribution < -0.4 is 0 Å². The largest absolute Gasteiger partial charge is 0.458 e. The molecule has 0 N–H and O–H groups in total. The monoisotopic (exact) mass is 332 g/mol. The number of halogens is 6. The van der Waals surface area contributed by atoms with E-state index >= 15 is 0 Å². The number of ether oxygens (including phenoxy) is 1. The summed E-state index contributed by atoms with van der Waals surface area (Å²) in [4.78, 5) is 10.6. The van der Waals surface area contributed by atoms with Crippen molar-refractivity contribution < 1.29 is 31.5 Å². The van der Waals surface area contributed by atoms with Crippen LogP contribution in [0, 0.1) is 0 Å². The minimum absolute atomic E-state index is 0.767. The molecule has 14 heavy (non-hydrogen) atoms. The molecule has 0 bridgehead atoms. The lowest BCUT2D eigenvalue weighted by molar-refractivity contribution is -0.294. The maximum absolute atomic E-state index is 12.1. The Morgan fingerprint density at radius 2 is 1.79 bits per heavy atom. The summed E-state index contributed by atoms with van der Waals surface area (Å²) >= 11 is 1.54. The summed E-state index contributed by atoms with van der Waals surface area (Å²) < 4.78 is 61.9. The molecule has 0 fully saturated rings. The number of carbonyl (C=O) groups is 1. The SMILES string of the molecule is CC(I)C(=O)OCC(F)(F)C(F)(F)F. The summed E-state index contributed by atoms with van der Waals surface area (Å²) in [5.74, 6) is -6.09. The number of rotatable bonds is 3. The third-order valence-corrected chi connectivity index (χ3v) is 1.64. The van der Waals surface area contributed by atoms with Crippen molar-refractivity contribution >= 4 is 28.6 Å². The minimum atomic E-state index is -5.69. The van der Waals surface area contributed by atoms with Crippen LogP contribution in [0.25, 0.3) is 0 Å². The molecular weight excluding hydrogens is 326 g/mol. The van der Waals surface area contributed by atoms with Gasteiger partial charge < -0.3 is 4.74 Å². The van der Waals surface area contributed by atoms with Crippen molar-refractivity contribution in [1.82, 2.24) is 0 Å². The van der Waals surface area contributed by atoms with Crippen molar-refractivity contribution in [3.05, 3.63) is 0 Å². The first-order chi connectivity index (χ1) is 6.08. The van der Waals surface area contributed by atoms with Crippen LogP contribution in [0.15, 0.2) is 0 Å². The second-order valence-corrected chi connectivity index (χ2v) is 4.29. The molecule has 2 nitrogen and oxygen atoms in total. The summed E-state index contributed by atoms with van der Waals surface area (Å²) in [6, 6.07) is 0. The standard InChI is InChI=1S/C6H6F5IO2/c1-3(12)4(13)14-2-5(7,8)6(9,10)11/h3H,2H2,1H3. The lowest BCUT2D eigenvalue weighted by Gasteiger charge is -2.19. The second kappa shape index (κ2) is 4.58. The van der Waals surface area contributed by atoms with E-state index in [0.717, 1.165) is 0 Å². The van der Waals surface area contributed by atoms with Crippen molar-refractivity contribution in [3.8, 4) is 0 Å². The van der Waals surface area contributed by atoms with Crippen molar-refractivity contribution in [2.24, 2.45) is 0 Å². The van der Waals surface area contributed by atoms with Crippen LogP contribution in [0.5, 0.6) is 0 Å². The van der Waals surface area contributed by atoms with Crippen molar-refractivity contribution in [1.29, 1.82) is 0 Å². The molecule has 1 atom stereocenters. The van der Waals surface area contributed by atoms with Gasteiger partial charge in [0, 0.05) is 0 Å². The Kier molecular flexibility index (Phi) is 4.53. The zero-order chi connectivity index (χ0) is 11.6. The third-order valence-electron chi connectivity index (χ3n) is 1.14. The van der Waals surface area contributed by atoms with Gasteiger partial charge in [-0.2, -0.15) is 22.0 Å². The Labute approximate surface area is 89.9 Å². The van der Waals surface area contributed by atoms with Crippen molar-refractivity contribution in [2.45, 2.75) is 22.9 Å². The minimum Gasteiger partial charge on any atom is -0.458 e. The normalized spacial score (nSPS) is 15.1. The van der Waals surface area contributed by atoms with Gasteiger partial charge in [-0.05, 0) is 6.92 Å².